The Morgan fingerprint density at radius 3 is 2.30 bits per heavy atom. The summed E-state index contributed by atoms with van der Waals surface area (Å²) in [5.41, 5.74) is 6.71. The summed E-state index contributed by atoms with van der Waals surface area (Å²) in [6.07, 6.45) is 2.23. The van der Waals surface area contributed by atoms with Gasteiger partial charge in [0.25, 0.3) is 0 Å². The van der Waals surface area contributed by atoms with Gasteiger partial charge in [0.05, 0.1) is 6.54 Å². The van der Waals surface area contributed by atoms with Gasteiger partial charge in [-0.3, -0.25) is 14.4 Å². The number of rotatable bonds is 8. The van der Waals surface area contributed by atoms with E-state index in [9.17, 15) is 14.4 Å². The topological polar surface area (TPSA) is 89.3 Å². The third-order valence-electron chi connectivity index (χ3n) is 2.85. The SMILES string of the molecule is CCCc1ccc(C(=O)CCC(=O)NCC(N)=O)cc1. The zero-order chi connectivity index (χ0) is 15.0. The number of benzene rings is 1. The first-order valence-corrected chi connectivity index (χ1v) is 6.70. The predicted molar refractivity (Wildman–Crippen MR) is 76.2 cm³/mol. The molecule has 0 atom stereocenters. The first kappa shape index (κ1) is 15.9. The van der Waals surface area contributed by atoms with Crippen LogP contribution in [0.25, 0.3) is 0 Å². The maximum Gasteiger partial charge on any atom is 0.236 e. The molecule has 0 bridgehead atoms. The number of carbonyl (C=O) groups is 3. The van der Waals surface area contributed by atoms with Crippen molar-refractivity contribution in [2.45, 2.75) is 32.6 Å². The molecule has 0 unspecified atom stereocenters. The summed E-state index contributed by atoms with van der Waals surface area (Å²) < 4.78 is 0. The number of hydrogen-bond donors (Lipinski definition) is 2. The van der Waals surface area contributed by atoms with E-state index in [1.807, 2.05) is 12.1 Å². The van der Waals surface area contributed by atoms with E-state index >= 15 is 0 Å². The van der Waals surface area contributed by atoms with Gasteiger partial charge in [0.2, 0.25) is 11.8 Å². The maximum atomic E-state index is 11.9. The number of hydrogen-bond acceptors (Lipinski definition) is 3. The van der Waals surface area contributed by atoms with E-state index in [-0.39, 0.29) is 31.1 Å². The molecule has 0 radical (unpaired) electrons. The van der Waals surface area contributed by atoms with Crippen molar-refractivity contribution in [1.29, 1.82) is 0 Å². The largest absolute Gasteiger partial charge is 0.368 e. The summed E-state index contributed by atoms with van der Waals surface area (Å²) in [4.78, 5) is 33.7. The van der Waals surface area contributed by atoms with Crippen LogP contribution in [0, 0.1) is 0 Å². The number of amides is 2. The molecule has 1 rings (SSSR count). The number of carbonyl (C=O) groups excluding carboxylic acids is 3. The van der Waals surface area contributed by atoms with Crippen molar-refractivity contribution in [2.75, 3.05) is 6.54 Å². The molecule has 0 heterocycles. The van der Waals surface area contributed by atoms with Crippen LogP contribution in [0.5, 0.6) is 0 Å². The zero-order valence-electron chi connectivity index (χ0n) is 11.6. The Morgan fingerprint density at radius 2 is 1.75 bits per heavy atom. The van der Waals surface area contributed by atoms with Crippen LogP contribution in [0.4, 0.5) is 0 Å². The van der Waals surface area contributed by atoms with Crippen LogP contribution in [0.2, 0.25) is 0 Å². The molecule has 5 nitrogen and oxygen atoms in total. The Labute approximate surface area is 118 Å². The molecular formula is C15H20N2O3. The number of Topliss-reactive ketones (excluding diaryl/α,β-unsaturated/α-hetero) is 1. The fourth-order valence-electron chi connectivity index (χ4n) is 1.79. The molecule has 0 spiro atoms. The lowest BCUT2D eigenvalue weighted by Gasteiger charge is -2.04. The van der Waals surface area contributed by atoms with Crippen LogP contribution in [0.3, 0.4) is 0 Å². The molecule has 0 aliphatic rings. The van der Waals surface area contributed by atoms with Gasteiger partial charge in [-0.1, -0.05) is 37.6 Å². The van der Waals surface area contributed by atoms with Gasteiger partial charge in [-0.2, -0.15) is 0 Å². The molecule has 0 aliphatic carbocycles. The minimum atomic E-state index is -0.601. The summed E-state index contributed by atoms with van der Waals surface area (Å²) in [6.45, 7) is 1.91. The minimum absolute atomic E-state index is 0.0584. The first-order chi connectivity index (χ1) is 9.52. The lowest BCUT2D eigenvalue weighted by atomic mass is 10.0. The number of primary amides is 1. The van der Waals surface area contributed by atoms with Crippen LogP contribution in [-0.2, 0) is 16.0 Å². The van der Waals surface area contributed by atoms with E-state index in [4.69, 9.17) is 5.73 Å². The average molecular weight is 276 g/mol. The molecular weight excluding hydrogens is 256 g/mol. The highest BCUT2D eigenvalue weighted by atomic mass is 16.2. The molecule has 1 aromatic carbocycles. The van der Waals surface area contributed by atoms with Crippen LogP contribution < -0.4 is 11.1 Å². The van der Waals surface area contributed by atoms with Crippen LogP contribution in [0.1, 0.15) is 42.1 Å². The molecule has 5 heteroatoms. The van der Waals surface area contributed by atoms with Gasteiger partial charge in [0.15, 0.2) is 5.78 Å². The third kappa shape index (κ3) is 5.65. The van der Waals surface area contributed by atoms with Gasteiger partial charge in [0, 0.05) is 18.4 Å². The molecule has 0 saturated carbocycles. The second-order valence-electron chi connectivity index (χ2n) is 4.61. The highest BCUT2D eigenvalue weighted by molar-refractivity contribution is 5.98. The van der Waals surface area contributed by atoms with Crippen molar-refractivity contribution in [3.8, 4) is 0 Å². The average Bonchev–Trinajstić information content (AvgIpc) is 2.43. The van der Waals surface area contributed by atoms with Crippen LogP contribution in [-0.4, -0.2) is 24.1 Å². The van der Waals surface area contributed by atoms with Crippen molar-refractivity contribution < 1.29 is 14.4 Å². The molecule has 3 N–H and O–H groups in total. The van der Waals surface area contributed by atoms with Gasteiger partial charge >= 0.3 is 0 Å². The third-order valence-corrected chi connectivity index (χ3v) is 2.85. The molecule has 0 saturated heterocycles. The molecule has 0 aromatic heterocycles. The molecule has 20 heavy (non-hydrogen) atoms. The summed E-state index contributed by atoms with van der Waals surface area (Å²) in [5.74, 6) is -1.03. The number of nitrogens with two attached hydrogens (primary N) is 1. The van der Waals surface area contributed by atoms with E-state index in [1.54, 1.807) is 12.1 Å². The number of aryl methyl sites for hydroxylation is 1. The Balaban J connectivity index is 2.42. The number of nitrogens with one attached hydrogen (secondary N) is 1. The van der Waals surface area contributed by atoms with E-state index in [0.717, 1.165) is 12.8 Å². The smallest absolute Gasteiger partial charge is 0.236 e. The second kappa shape index (κ2) is 8.09. The Morgan fingerprint density at radius 1 is 1.10 bits per heavy atom. The van der Waals surface area contributed by atoms with Gasteiger partial charge in [-0.25, -0.2) is 0 Å². The van der Waals surface area contributed by atoms with E-state index in [0.29, 0.717) is 5.56 Å². The molecule has 0 fully saturated rings. The summed E-state index contributed by atoms with van der Waals surface area (Å²) in [5, 5.41) is 2.35. The Kier molecular flexibility index (Phi) is 6.43. The molecule has 108 valence electrons. The fourth-order valence-corrected chi connectivity index (χ4v) is 1.79. The second-order valence-corrected chi connectivity index (χ2v) is 4.61. The van der Waals surface area contributed by atoms with Crippen LogP contribution in [0.15, 0.2) is 24.3 Å². The monoisotopic (exact) mass is 276 g/mol. The first-order valence-electron chi connectivity index (χ1n) is 6.70. The van der Waals surface area contributed by atoms with E-state index < -0.39 is 5.91 Å². The van der Waals surface area contributed by atoms with Crippen molar-refractivity contribution >= 4 is 17.6 Å². The standard InChI is InChI=1S/C15H20N2O3/c1-2-3-11-4-6-12(7-5-11)13(18)8-9-15(20)17-10-14(16)19/h4-7H,2-3,8-10H2,1H3,(H2,16,19)(H,17,20). The lowest BCUT2D eigenvalue weighted by molar-refractivity contribution is -0.124. The quantitative estimate of drug-likeness (QED) is 0.699. The van der Waals surface area contributed by atoms with Gasteiger partial charge < -0.3 is 11.1 Å². The Hall–Kier alpha value is -2.17. The molecule has 1 aromatic rings. The van der Waals surface area contributed by atoms with Crippen molar-refractivity contribution in [3.05, 3.63) is 35.4 Å². The minimum Gasteiger partial charge on any atom is -0.368 e. The fraction of sp³-hybridized carbons (Fsp3) is 0.400. The lowest BCUT2D eigenvalue weighted by Crippen LogP contribution is -2.33. The normalized spacial score (nSPS) is 10.1. The summed E-state index contributed by atoms with van der Waals surface area (Å²) in [7, 11) is 0. The van der Waals surface area contributed by atoms with Crippen molar-refractivity contribution in [2.24, 2.45) is 5.73 Å². The predicted octanol–water partition coefficient (Wildman–Crippen LogP) is 1.20. The van der Waals surface area contributed by atoms with Gasteiger partial charge in [-0.05, 0) is 12.0 Å². The summed E-state index contributed by atoms with van der Waals surface area (Å²) in [6, 6.07) is 7.44. The highest BCUT2D eigenvalue weighted by Gasteiger charge is 2.09. The highest BCUT2D eigenvalue weighted by Crippen LogP contribution is 2.09. The summed E-state index contributed by atoms with van der Waals surface area (Å²) >= 11 is 0. The molecule has 2 amide bonds. The number of ketones is 1. The Bertz CT molecular complexity index is 480. The molecule has 0 aliphatic heterocycles. The van der Waals surface area contributed by atoms with Gasteiger partial charge in [-0.15, -0.1) is 0 Å². The van der Waals surface area contributed by atoms with E-state index in [1.165, 1.54) is 5.56 Å². The van der Waals surface area contributed by atoms with Crippen LogP contribution >= 0.6 is 0 Å². The zero-order valence-corrected chi connectivity index (χ0v) is 11.6. The van der Waals surface area contributed by atoms with Crippen molar-refractivity contribution in [1.82, 2.24) is 5.32 Å². The maximum absolute atomic E-state index is 11.9. The van der Waals surface area contributed by atoms with E-state index in [2.05, 4.69) is 12.2 Å². The van der Waals surface area contributed by atoms with Crippen molar-refractivity contribution in [3.63, 3.8) is 0 Å². The van der Waals surface area contributed by atoms with Gasteiger partial charge in [0.1, 0.15) is 0 Å².